The maximum absolute atomic E-state index is 11.7. The van der Waals surface area contributed by atoms with Gasteiger partial charge in [-0.15, -0.1) is 0 Å². The topological polar surface area (TPSA) is 120 Å². The Kier molecular flexibility index (Phi) is 4.21. The number of nitrogens with two attached hydrogens (primary N) is 2. The summed E-state index contributed by atoms with van der Waals surface area (Å²) in [6.07, 6.45) is 7.05. The van der Waals surface area contributed by atoms with Crippen molar-refractivity contribution in [3.63, 3.8) is 0 Å². The molecule has 2 unspecified atom stereocenters. The molecule has 0 aromatic rings. The summed E-state index contributed by atoms with van der Waals surface area (Å²) in [6, 6.07) is -1.56. The molecule has 0 radical (unpaired) electrons. The van der Waals surface area contributed by atoms with Gasteiger partial charge in [-0.2, -0.15) is 0 Å². The predicted molar refractivity (Wildman–Crippen MR) is 75.0 cm³/mol. The van der Waals surface area contributed by atoms with E-state index in [0.717, 1.165) is 24.3 Å². The Morgan fingerprint density at radius 1 is 0.714 bits per heavy atom. The van der Waals surface area contributed by atoms with E-state index in [4.69, 9.17) is 11.5 Å². The Balaban J connectivity index is 2.11. The van der Waals surface area contributed by atoms with Crippen molar-refractivity contribution in [3.8, 4) is 0 Å². The summed E-state index contributed by atoms with van der Waals surface area (Å²) >= 11 is 0. The summed E-state index contributed by atoms with van der Waals surface area (Å²) in [4.78, 5) is 45.9. The molecule has 0 spiro atoms. The molecule has 0 aromatic carbocycles. The summed E-state index contributed by atoms with van der Waals surface area (Å²) in [5.41, 5.74) is 12.1. The van der Waals surface area contributed by atoms with Crippen LogP contribution in [0.15, 0.2) is 47.6 Å². The fraction of sp³-hybridized carbons (Fsp3) is 0.200. The number of hydrogen-bond acceptors (Lipinski definition) is 6. The molecule has 21 heavy (non-hydrogen) atoms. The third-order valence-electron chi connectivity index (χ3n) is 3.27. The average Bonchev–Trinajstić information content (AvgIpc) is 2.43. The maximum Gasteiger partial charge on any atom is 0.183 e. The van der Waals surface area contributed by atoms with Gasteiger partial charge >= 0.3 is 0 Å². The number of hydrogen-bond donors (Lipinski definition) is 2. The lowest BCUT2D eigenvalue weighted by Gasteiger charge is -2.21. The van der Waals surface area contributed by atoms with Gasteiger partial charge in [0.2, 0.25) is 0 Å². The first-order valence-corrected chi connectivity index (χ1v) is 6.35. The molecule has 2 rings (SSSR count). The molecule has 0 amide bonds. The molecule has 6 heteroatoms. The van der Waals surface area contributed by atoms with Crippen LogP contribution in [-0.4, -0.2) is 35.2 Å². The number of ketones is 4. The molecule has 0 aromatic heterocycles. The SMILES string of the molecule is NC(CC(N)C1=CC(=O)C=CC1=O)C1=CC(=O)C=CC1=O. The summed E-state index contributed by atoms with van der Waals surface area (Å²) in [5.74, 6) is -1.34. The van der Waals surface area contributed by atoms with Crippen molar-refractivity contribution < 1.29 is 19.2 Å². The molecule has 2 aliphatic carbocycles. The molecule has 0 saturated carbocycles. The lowest BCUT2D eigenvalue weighted by Crippen LogP contribution is -2.38. The molecule has 0 saturated heterocycles. The highest BCUT2D eigenvalue weighted by Crippen LogP contribution is 2.17. The van der Waals surface area contributed by atoms with E-state index in [9.17, 15) is 19.2 Å². The second-order valence-electron chi connectivity index (χ2n) is 4.85. The number of allylic oxidation sites excluding steroid dienone is 6. The van der Waals surface area contributed by atoms with Crippen LogP contribution in [0.2, 0.25) is 0 Å². The van der Waals surface area contributed by atoms with Crippen LogP contribution in [0.4, 0.5) is 0 Å². The van der Waals surface area contributed by atoms with E-state index in [1.165, 1.54) is 12.2 Å². The first-order valence-electron chi connectivity index (χ1n) is 6.35. The molecule has 0 bridgehead atoms. The monoisotopic (exact) mass is 286 g/mol. The minimum Gasteiger partial charge on any atom is -0.324 e. The van der Waals surface area contributed by atoms with Crippen LogP contribution in [0.3, 0.4) is 0 Å². The lowest BCUT2D eigenvalue weighted by molar-refractivity contribution is -0.115. The maximum atomic E-state index is 11.7. The molecule has 0 heterocycles. The van der Waals surface area contributed by atoms with Crippen LogP contribution in [0.25, 0.3) is 0 Å². The Labute approximate surface area is 120 Å². The molecule has 0 fully saturated rings. The highest BCUT2D eigenvalue weighted by Gasteiger charge is 2.26. The Morgan fingerprint density at radius 2 is 1.10 bits per heavy atom. The van der Waals surface area contributed by atoms with Crippen molar-refractivity contribution in [2.45, 2.75) is 18.5 Å². The molecular formula is C15H14N2O4. The number of carbonyl (C=O) groups excluding carboxylic acids is 4. The van der Waals surface area contributed by atoms with Crippen molar-refractivity contribution in [3.05, 3.63) is 47.6 Å². The van der Waals surface area contributed by atoms with Gasteiger partial charge in [0.1, 0.15) is 0 Å². The van der Waals surface area contributed by atoms with E-state index in [-0.39, 0.29) is 40.7 Å². The van der Waals surface area contributed by atoms with Gasteiger partial charge in [0.15, 0.2) is 23.1 Å². The second-order valence-corrected chi connectivity index (χ2v) is 4.85. The van der Waals surface area contributed by atoms with Gasteiger partial charge in [-0.3, -0.25) is 19.2 Å². The Bertz CT molecular complexity index is 597. The standard InChI is InChI=1S/C15H14N2O4/c16-12(10-5-8(18)1-3-14(10)20)7-13(17)11-6-9(19)2-4-15(11)21/h1-6,12-13H,7,16-17H2. The molecule has 0 aliphatic heterocycles. The first-order chi connectivity index (χ1) is 9.88. The largest absolute Gasteiger partial charge is 0.324 e. The molecule has 6 nitrogen and oxygen atoms in total. The van der Waals surface area contributed by atoms with Gasteiger partial charge in [0, 0.05) is 23.2 Å². The second kappa shape index (κ2) is 5.90. The predicted octanol–water partition coefficient (Wildman–Crippen LogP) is -0.700. The van der Waals surface area contributed by atoms with E-state index in [1.807, 2.05) is 0 Å². The third-order valence-corrected chi connectivity index (χ3v) is 3.27. The zero-order valence-corrected chi connectivity index (χ0v) is 11.1. The van der Waals surface area contributed by atoms with Crippen molar-refractivity contribution in [2.24, 2.45) is 11.5 Å². The Morgan fingerprint density at radius 3 is 1.48 bits per heavy atom. The van der Waals surface area contributed by atoms with Crippen LogP contribution in [-0.2, 0) is 19.2 Å². The zero-order valence-electron chi connectivity index (χ0n) is 11.1. The summed E-state index contributed by atoms with van der Waals surface area (Å²) in [6.45, 7) is 0. The Hall–Kier alpha value is -2.44. The molecule has 108 valence electrons. The van der Waals surface area contributed by atoms with E-state index < -0.39 is 12.1 Å². The summed E-state index contributed by atoms with van der Waals surface area (Å²) in [5, 5.41) is 0. The van der Waals surface area contributed by atoms with Gasteiger partial charge in [0.05, 0.1) is 0 Å². The fourth-order valence-electron chi connectivity index (χ4n) is 2.16. The van der Waals surface area contributed by atoms with Crippen molar-refractivity contribution in [2.75, 3.05) is 0 Å². The van der Waals surface area contributed by atoms with Crippen LogP contribution in [0, 0.1) is 0 Å². The highest BCUT2D eigenvalue weighted by molar-refractivity contribution is 6.18. The van der Waals surface area contributed by atoms with Crippen LogP contribution in [0.1, 0.15) is 6.42 Å². The van der Waals surface area contributed by atoms with Crippen molar-refractivity contribution in [1.29, 1.82) is 0 Å². The molecule has 4 N–H and O–H groups in total. The van der Waals surface area contributed by atoms with Gasteiger partial charge in [-0.1, -0.05) is 0 Å². The molecule has 2 atom stereocenters. The van der Waals surface area contributed by atoms with Crippen LogP contribution < -0.4 is 11.5 Å². The van der Waals surface area contributed by atoms with E-state index in [0.29, 0.717) is 0 Å². The first kappa shape index (κ1) is 15.0. The third kappa shape index (κ3) is 3.36. The minimum absolute atomic E-state index is 0.0807. The quantitative estimate of drug-likeness (QED) is 0.659. The molecular weight excluding hydrogens is 272 g/mol. The van der Waals surface area contributed by atoms with Crippen molar-refractivity contribution in [1.82, 2.24) is 0 Å². The van der Waals surface area contributed by atoms with E-state index in [1.54, 1.807) is 0 Å². The lowest BCUT2D eigenvalue weighted by atomic mass is 9.88. The smallest absolute Gasteiger partial charge is 0.183 e. The van der Waals surface area contributed by atoms with Crippen molar-refractivity contribution >= 4 is 23.1 Å². The zero-order chi connectivity index (χ0) is 15.6. The minimum atomic E-state index is -0.781. The summed E-state index contributed by atoms with van der Waals surface area (Å²) in [7, 11) is 0. The average molecular weight is 286 g/mol. The number of rotatable bonds is 4. The number of carbonyl (C=O) groups is 4. The fourth-order valence-corrected chi connectivity index (χ4v) is 2.16. The van der Waals surface area contributed by atoms with Gasteiger partial charge in [-0.25, -0.2) is 0 Å². The van der Waals surface area contributed by atoms with Crippen LogP contribution in [0.5, 0.6) is 0 Å². The van der Waals surface area contributed by atoms with E-state index in [2.05, 4.69) is 0 Å². The van der Waals surface area contributed by atoms with Gasteiger partial charge in [0.25, 0.3) is 0 Å². The van der Waals surface area contributed by atoms with Gasteiger partial charge < -0.3 is 11.5 Å². The van der Waals surface area contributed by atoms with Gasteiger partial charge in [-0.05, 0) is 42.9 Å². The van der Waals surface area contributed by atoms with E-state index >= 15 is 0 Å². The normalized spacial score (nSPS) is 21.2. The van der Waals surface area contributed by atoms with Crippen LogP contribution >= 0.6 is 0 Å². The molecule has 2 aliphatic rings. The highest BCUT2D eigenvalue weighted by atomic mass is 16.1. The summed E-state index contributed by atoms with van der Waals surface area (Å²) < 4.78 is 0.